The molecule has 1 aliphatic heterocycles. The first-order chi connectivity index (χ1) is 15.4. The molecule has 6 heteroatoms. The van der Waals surface area contributed by atoms with Gasteiger partial charge >= 0.3 is 6.18 Å². The maximum atomic E-state index is 13.2. The van der Waals surface area contributed by atoms with Crippen LogP contribution < -0.4 is 0 Å². The summed E-state index contributed by atoms with van der Waals surface area (Å²) in [5.41, 5.74) is 3.89. The maximum absolute atomic E-state index is 13.2. The van der Waals surface area contributed by atoms with Gasteiger partial charge < -0.3 is 9.84 Å². The highest BCUT2D eigenvalue weighted by Gasteiger charge is 2.51. The lowest BCUT2D eigenvalue weighted by atomic mass is 9.70. The van der Waals surface area contributed by atoms with E-state index in [2.05, 4.69) is 39.8 Å². The van der Waals surface area contributed by atoms with Crippen molar-refractivity contribution in [3.05, 3.63) is 75.6 Å². The summed E-state index contributed by atoms with van der Waals surface area (Å²) >= 11 is 0. The minimum absolute atomic E-state index is 0.0626. The molecule has 0 saturated carbocycles. The highest BCUT2D eigenvalue weighted by atomic mass is 19.4. The molecule has 0 fully saturated rings. The summed E-state index contributed by atoms with van der Waals surface area (Å²) in [5.74, 6) is 0.104. The zero-order chi connectivity index (χ0) is 23.8. The number of alkyl halides is 3. The number of halogens is 3. The van der Waals surface area contributed by atoms with Crippen LogP contribution in [-0.2, 0) is 22.9 Å². The summed E-state index contributed by atoms with van der Waals surface area (Å²) in [6, 6.07) is 5.26. The first-order valence-corrected chi connectivity index (χ1v) is 11.7. The van der Waals surface area contributed by atoms with Crippen LogP contribution in [0.25, 0.3) is 0 Å². The molecule has 1 N–H and O–H groups in total. The Bertz CT molecular complexity index is 1120. The number of nitrogens with zero attached hydrogens (tertiary/aromatic N) is 1. The van der Waals surface area contributed by atoms with E-state index in [1.165, 1.54) is 12.1 Å². The summed E-state index contributed by atoms with van der Waals surface area (Å²) in [5, 5.41) is 11.3. The molecule has 0 saturated heterocycles. The Morgan fingerprint density at radius 3 is 2.39 bits per heavy atom. The minimum Gasteiger partial charge on any atom is -0.388 e. The third kappa shape index (κ3) is 3.62. The van der Waals surface area contributed by atoms with E-state index in [-0.39, 0.29) is 11.3 Å². The third-order valence-electron chi connectivity index (χ3n) is 7.28. The largest absolute Gasteiger partial charge is 0.416 e. The van der Waals surface area contributed by atoms with E-state index in [1.54, 1.807) is 0 Å². The maximum Gasteiger partial charge on any atom is 0.416 e. The van der Waals surface area contributed by atoms with E-state index in [0.29, 0.717) is 12.0 Å². The Morgan fingerprint density at radius 1 is 1.12 bits per heavy atom. The summed E-state index contributed by atoms with van der Waals surface area (Å²) < 4.78 is 46.2. The predicted octanol–water partition coefficient (Wildman–Crippen LogP) is 6.89. The van der Waals surface area contributed by atoms with Crippen molar-refractivity contribution in [2.45, 2.75) is 83.3 Å². The molecule has 2 aromatic rings. The van der Waals surface area contributed by atoms with Crippen molar-refractivity contribution in [3.8, 4) is 0 Å². The van der Waals surface area contributed by atoms with E-state index >= 15 is 0 Å². The van der Waals surface area contributed by atoms with Gasteiger partial charge in [0.05, 0.1) is 11.7 Å². The smallest absolute Gasteiger partial charge is 0.388 e. The monoisotopic (exact) mass is 457 g/mol. The Kier molecular flexibility index (Phi) is 5.07. The zero-order valence-electron chi connectivity index (χ0n) is 19.5. The van der Waals surface area contributed by atoms with Gasteiger partial charge in [0.25, 0.3) is 0 Å². The number of hydrogen-bond donors (Lipinski definition) is 1. The van der Waals surface area contributed by atoms with Crippen LogP contribution in [0.5, 0.6) is 0 Å². The number of aliphatic hydroxyl groups is 1. The number of benzene rings is 1. The van der Waals surface area contributed by atoms with Gasteiger partial charge in [-0.2, -0.15) is 13.2 Å². The van der Waals surface area contributed by atoms with Crippen molar-refractivity contribution in [2.24, 2.45) is 5.41 Å². The second-order valence-corrected chi connectivity index (χ2v) is 10.8. The van der Waals surface area contributed by atoms with E-state index < -0.39 is 29.5 Å². The summed E-state index contributed by atoms with van der Waals surface area (Å²) in [6.45, 7) is 8.46. The molecule has 2 heterocycles. The molecule has 0 unspecified atom stereocenters. The fourth-order valence-corrected chi connectivity index (χ4v) is 5.86. The minimum atomic E-state index is -4.39. The molecule has 0 bridgehead atoms. The van der Waals surface area contributed by atoms with Gasteiger partial charge in [-0.25, -0.2) is 0 Å². The lowest BCUT2D eigenvalue weighted by Gasteiger charge is -2.37. The summed E-state index contributed by atoms with van der Waals surface area (Å²) in [6.07, 6.45) is 1.64. The molecule has 3 nitrogen and oxygen atoms in total. The number of rotatable bonds is 2. The van der Waals surface area contributed by atoms with Gasteiger partial charge in [0.15, 0.2) is 0 Å². The number of allylic oxidation sites excluding steroid dienone is 1. The Balaban J connectivity index is 1.74. The van der Waals surface area contributed by atoms with Crippen molar-refractivity contribution < 1.29 is 23.0 Å². The fraction of sp³-hybridized carbons (Fsp3) is 0.519. The van der Waals surface area contributed by atoms with Gasteiger partial charge in [0, 0.05) is 28.1 Å². The van der Waals surface area contributed by atoms with Crippen LogP contribution in [0, 0.1) is 5.41 Å². The third-order valence-corrected chi connectivity index (χ3v) is 7.28. The van der Waals surface area contributed by atoms with Crippen LogP contribution in [-0.4, -0.2) is 10.1 Å². The molecule has 5 rings (SSSR count). The lowest BCUT2D eigenvalue weighted by Crippen LogP contribution is -2.31. The van der Waals surface area contributed by atoms with E-state index in [9.17, 15) is 18.3 Å². The molecule has 33 heavy (non-hydrogen) atoms. The standard InChI is InChI=1S/C27H30F3NO2/c1-15(2)23-21-22(20-18(31-23)13-25(3,4)14-19(20)32)26(11-5-6-12-26)33-24(21)16-7-9-17(10-8-16)27(28,29)30/h5,7-11,15,19,24,32H,6,12-14H2,1-4H3/t19-,24-,26-/m0/s1. The van der Waals surface area contributed by atoms with Crippen molar-refractivity contribution in [1.82, 2.24) is 4.98 Å². The van der Waals surface area contributed by atoms with E-state index in [4.69, 9.17) is 9.72 Å². The zero-order valence-corrected chi connectivity index (χ0v) is 19.5. The highest BCUT2D eigenvalue weighted by molar-refractivity contribution is 5.56. The van der Waals surface area contributed by atoms with Crippen LogP contribution in [0.1, 0.15) is 104 Å². The molecular formula is C27H30F3NO2. The van der Waals surface area contributed by atoms with Crippen molar-refractivity contribution >= 4 is 0 Å². The Labute approximate surface area is 192 Å². The second kappa shape index (κ2) is 7.41. The highest BCUT2D eigenvalue weighted by Crippen LogP contribution is 2.57. The summed E-state index contributed by atoms with van der Waals surface area (Å²) in [7, 11) is 0. The fourth-order valence-electron chi connectivity index (χ4n) is 5.86. The molecule has 176 valence electrons. The molecular weight excluding hydrogens is 427 g/mol. The summed E-state index contributed by atoms with van der Waals surface area (Å²) in [4.78, 5) is 5.07. The second-order valence-electron chi connectivity index (χ2n) is 10.8. The average molecular weight is 458 g/mol. The van der Waals surface area contributed by atoms with E-state index in [0.717, 1.165) is 59.5 Å². The molecule has 3 aliphatic rings. The predicted molar refractivity (Wildman–Crippen MR) is 120 cm³/mol. The molecule has 1 spiro atoms. The van der Waals surface area contributed by atoms with Crippen LogP contribution >= 0.6 is 0 Å². The number of fused-ring (bicyclic) bond motifs is 4. The molecule has 1 aromatic heterocycles. The first-order valence-electron chi connectivity index (χ1n) is 11.7. The van der Waals surface area contributed by atoms with Crippen LogP contribution in [0.3, 0.4) is 0 Å². The number of pyridine rings is 1. The quantitative estimate of drug-likeness (QED) is 0.499. The van der Waals surface area contributed by atoms with Crippen molar-refractivity contribution in [3.63, 3.8) is 0 Å². The molecule has 0 amide bonds. The van der Waals surface area contributed by atoms with Crippen molar-refractivity contribution in [2.75, 3.05) is 0 Å². The Hall–Kier alpha value is -2.18. The van der Waals surface area contributed by atoms with Crippen molar-refractivity contribution in [1.29, 1.82) is 0 Å². The normalized spacial score (nSPS) is 27.9. The van der Waals surface area contributed by atoms with Gasteiger partial charge in [0.1, 0.15) is 11.7 Å². The van der Waals surface area contributed by atoms with E-state index in [1.807, 2.05) is 0 Å². The Morgan fingerprint density at radius 2 is 1.82 bits per heavy atom. The topological polar surface area (TPSA) is 42.4 Å². The number of ether oxygens (including phenoxy) is 1. The van der Waals surface area contributed by atoms with Gasteiger partial charge in [-0.3, -0.25) is 4.98 Å². The molecule has 1 aromatic carbocycles. The van der Waals surface area contributed by atoms with Gasteiger partial charge in [0.2, 0.25) is 0 Å². The average Bonchev–Trinajstić information content (AvgIpc) is 3.31. The first kappa shape index (κ1) is 22.6. The molecule has 2 aliphatic carbocycles. The van der Waals surface area contributed by atoms with Crippen LogP contribution in [0.15, 0.2) is 36.4 Å². The number of hydrogen-bond acceptors (Lipinski definition) is 3. The van der Waals surface area contributed by atoms with Crippen LogP contribution in [0.2, 0.25) is 0 Å². The van der Waals surface area contributed by atoms with Gasteiger partial charge in [-0.05, 0) is 54.7 Å². The molecule has 0 radical (unpaired) electrons. The number of aromatic nitrogens is 1. The van der Waals surface area contributed by atoms with Gasteiger partial charge in [-0.1, -0.05) is 52.0 Å². The van der Waals surface area contributed by atoms with Crippen LogP contribution in [0.4, 0.5) is 13.2 Å². The number of aliphatic hydroxyl groups excluding tert-OH is 1. The molecule has 3 atom stereocenters. The van der Waals surface area contributed by atoms with Gasteiger partial charge in [-0.15, -0.1) is 0 Å². The SMILES string of the molecule is CC(C)c1nc2c(c3c1[C@H](c1ccc(C(F)(F)F)cc1)O[C@]31C=CCC1)[C@@H](O)CC(C)(C)C2. The lowest BCUT2D eigenvalue weighted by molar-refractivity contribution is -0.137.